The fraction of sp³-hybridized carbons (Fsp3) is 0.250. The lowest BCUT2D eigenvalue weighted by Gasteiger charge is -2.01. The molecule has 0 amide bonds. The summed E-state index contributed by atoms with van der Waals surface area (Å²) in [4.78, 5) is 5.99. The van der Waals surface area contributed by atoms with E-state index < -0.39 is 0 Å². The van der Waals surface area contributed by atoms with Gasteiger partial charge < -0.3 is 0 Å². The third-order valence-corrected chi connectivity index (χ3v) is 4.64. The van der Waals surface area contributed by atoms with Gasteiger partial charge in [-0.3, -0.25) is 0 Å². The number of rotatable bonds is 3. The number of halogens is 1. The summed E-state index contributed by atoms with van der Waals surface area (Å²) < 4.78 is 1.11. The topological polar surface area (TPSA) is 12.9 Å². The zero-order chi connectivity index (χ0) is 11.5. The summed E-state index contributed by atoms with van der Waals surface area (Å²) >= 11 is 7.18. The maximum atomic E-state index is 4.70. The molecule has 1 aromatic carbocycles. The molecule has 84 valence electrons. The van der Waals surface area contributed by atoms with E-state index in [1.165, 1.54) is 15.4 Å². The third kappa shape index (κ3) is 2.50. The Balaban J connectivity index is 2.44. The monoisotopic (exact) mass is 313 g/mol. The first-order valence-electron chi connectivity index (χ1n) is 4.92. The molecule has 1 aromatic heterocycles. The Morgan fingerprint density at radius 1 is 1.38 bits per heavy atom. The number of hydrogen-bond donors (Lipinski definition) is 0. The summed E-state index contributed by atoms with van der Waals surface area (Å²) in [6, 6.07) is 8.24. The van der Waals surface area contributed by atoms with Crippen molar-refractivity contribution in [3.63, 3.8) is 0 Å². The number of nitrogens with zero attached hydrogens (tertiary/aromatic N) is 1. The molecule has 4 heteroatoms. The van der Waals surface area contributed by atoms with Crippen LogP contribution in [0, 0.1) is 6.92 Å². The van der Waals surface area contributed by atoms with Crippen molar-refractivity contribution >= 4 is 39.0 Å². The summed E-state index contributed by atoms with van der Waals surface area (Å²) in [7, 11) is 0. The number of benzene rings is 1. The van der Waals surface area contributed by atoms with Gasteiger partial charge in [0.2, 0.25) is 0 Å². The van der Waals surface area contributed by atoms with E-state index in [1.807, 2.05) is 23.9 Å². The van der Waals surface area contributed by atoms with Crippen LogP contribution in [0.2, 0.25) is 0 Å². The summed E-state index contributed by atoms with van der Waals surface area (Å²) in [5.74, 6) is 0.996. The molecule has 16 heavy (non-hydrogen) atoms. The van der Waals surface area contributed by atoms with Crippen LogP contribution in [0.5, 0.6) is 0 Å². The molecule has 0 unspecified atom stereocenters. The first-order chi connectivity index (χ1) is 7.72. The second kappa shape index (κ2) is 5.34. The van der Waals surface area contributed by atoms with Crippen LogP contribution in [0.1, 0.15) is 9.88 Å². The second-order valence-electron chi connectivity index (χ2n) is 3.43. The molecule has 0 spiro atoms. The van der Waals surface area contributed by atoms with Gasteiger partial charge in [-0.2, -0.15) is 11.8 Å². The van der Waals surface area contributed by atoms with Crippen molar-refractivity contribution in [1.82, 2.24) is 4.98 Å². The van der Waals surface area contributed by atoms with Gasteiger partial charge in [-0.25, -0.2) is 4.98 Å². The van der Waals surface area contributed by atoms with E-state index in [9.17, 15) is 0 Å². The van der Waals surface area contributed by atoms with Gasteiger partial charge in [0, 0.05) is 20.7 Å². The minimum Gasteiger partial charge on any atom is -0.240 e. The minimum absolute atomic E-state index is 0.996. The van der Waals surface area contributed by atoms with Crippen LogP contribution >= 0.6 is 39.0 Å². The second-order valence-corrected chi connectivity index (χ2v) is 6.43. The van der Waals surface area contributed by atoms with Crippen LogP contribution in [-0.2, 0) is 5.75 Å². The van der Waals surface area contributed by atoms with Crippen molar-refractivity contribution < 1.29 is 0 Å². The van der Waals surface area contributed by atoms with Gasteiger partial charge in [0.15, 0.2) is 0 Å². The number of aromatic nitrogens is 1. The lowest BCUT2D eigenvalue weighted by atomic mass is 10.1. The van der Waals surface area contributed by atoms with Gasteiger partial charge in [0.05, 0.1) is 5.69 Å². The molecule has 0 N–H and O–H groups in total. The molecule has 0 atom stereocenters. The SMILES string of the molecule is CSCc1nc(-c2ccccc2Br)c(C)s1. The van der Waals surface area contributed by atoms with Gasteiger partial charge in [-0.15, -0.1) is 11.3 Å². The van der Waals surface area contributed by atoms with E-state index in [0.29, 0.717) is 0 Å². The fourth-order valence-electron chi connectivity index (χ4n) is 1.54. The fourth-order valence-corrected chi connectivity index (χ4v) is 3.66. The van der Waals surface area contributed by atoms with E-state index in [0.717, 1.165) is 15.9 Å². The normalized spacial score (nSPS) is 10.7. The zero-order valence-electron chi connectivity index (χ0n) is 9.16. The summed E-state index contributed by atoms with van der Waals surface area (Å²) in [5.41, 5.74) is 2.30. The lowest BCUT2D eigenvalue weighted by Crippen LogP contribution is -1.83. The first-order valence-corrected chi connectivity index (χ1v) is 7.93. The Labute approximate surface area is 112 Å². The molecule has 0 aliphatic rings. The quantitative estimate of drug-likeness (QED) is 0.811. The molecular formula is C12H12BrNS2. The van der Waals surface area contributed by atoms with E-state index in [4.69, 9.17) is 4.98 Å². The zero-order valence-corrected chi connectivity index (χ0v) is 12.4. The van der Waals surface area contributed by atoms with Crippen LogP contribution in [0.4, 0.5) is 0 Å². The highest BCUT2D eigenvalue weighted by Gasteiger charge is 2.11. The van der Waals surface area contributed by atoms with Crippen molar-refractivity contribution in [2.24, 2.45) is 0 Å². The van der Waals surface area contributed by atoms with Gasteiger partial charge in [-0.05, 0) is 19.2 Å². The molecule has 0 fully saturated rings. The molecule has 0 saturated carbocycles. The Morgan fingerprint density at radius 2 is 2.12 bits per heavy atom. The lowest BCUT2D eigenvalue weighted by molar-refractivity contribution is 1.26. The highest BCUT2D eigenvalue weighted by molar-refractivity contribution is 9.10. The predicted octanol–water partition coefficient (Wildman–Crippen LogP) is 4.74. The Bertz CT molecular complexity index is 494. The maximum absolute atomic E-state index is 4.70. The molecule has 0 aliphatic heterocycles. The number of thiazole rings is 1. The van der Waals surface area contributed by atoms with E-state index in [-0.39, 0.29) is 0 Å². The molecular weight excluding hydrogens is 302 g/mol. The van der Waals surface area contributed by atoms with Crippen LogP contribution in [0.15, 0.2) is 28.7 Å². The third-order valence-electron chi connectivity index (χ3n) is 2.24. The number of thioether (sulfide) groups is 1. The summed E-state index contributed by atoms with van der Waals surface area (Å²) in [6.07, 6.45) is 2.11. The van der Waals surface area contributed by atoms with Crippen molar-refractivity contribution in [3.05, 3.63) is 38.6 Å². The van der Waals surface area contributed by atoms with Crippen molar-refractivity contribution in [2.45, 2.75) is 12.7 Å². The Hall–Kier alpha value is -0.320. The average molecular weight is 314 g/mol. The first kappa shape index (κ1) is 12.1. The maximum Gasteiger partial charge on any atom is 0.103 e. The molecule has 2 rings (SSSR count). The molecule has 1 heterocycles. The largest absolute Gasteiger partial charge is 0.240 e. The summed E-state index contributed by atoms with van der Waals surface area (Å²) in [5, 5.41) is 1.20. The number of hydrogen-bond acceptors (Lipinski definition) is 3. The predicted molar refractivity (Wildman–Crippen MR) is 77.2 cm³/mol. The highest BCUT2D eigenvalue weighted by atomic mass is 79.9. The van der Waals surface area contributed by atoms with Crippen LogP contribution in [0.3, 0.4) is 0 Å². The summed E-state index contributed by atoms with van der Waals surface area (Å²) in [6.45, 7) is 2.14. The van der Waals surface area contributed by atoms with Crippen molar-refractivity contribution in [3.8, 4) is 11.3 Å². The molecule has 0 bridgehead atoms. The standard InChI is InChI=1S/C12H12BrNS2/c1-8-12(14-11(16-8)7-15-2)9-5-3-4-6-10(9)13/h3-6H,7H2,1-2H3. The van der Waals surface area contributed by atoms with Gasteiger partial charge in [0.25, 0.3) is 0 Å². The molecule has 1 nitrogen and oxygen atoms in total. The average Bonchev–Trinajstić information content (AvgIpc) is 2.61. The molecule has 0 aliphatic carbocycles. The number of aryl methyl sites for hydroxylation is 1. The van der Waals surface area contributed by atoms with Gasteiger partial charge in [-0.1, -0.05) is 34.1 Å². The minimum atomic E-state index is 0.996. The Morgan fingerprint density at radius 3 is 2.81 bits per heavy atom. The van der Waals surface area contributed by atoms with E-state index in [1.54, 1.807) is 11.3 Å². The van der Waals surface area contributed by atoms with Gasteiger partial charge in [0.1, 0.15) is 5.01 Å². The van der Waals surface area contributed by atoms with Crippen LogP contribution < -0.4 is 0 Å². The molecule has 0 radical (unpaired) electrons. The smallest absolute Gasteiger partial charge is 0.103 e. The van der Waals surface area contributed by atoms with Crippen molar-refractivity contribution in [2.75, 3.05) is 6.26 Å². The van der Waals surface area contributed by atoms with Crippen molar-refractivity contribution in [1.29, 1.82) is 0 Å². The Kier molecular flexibility index (Phi) is 4.05. The molecule has 2 aromatic rings. The van der Waals surface area contributed by atoms with Crippen LogP contribution in [-0.4, -0.2) is 11.2 Å². The highest BCUT2D eigenvalue weighted by Crippen LogP contribution is 2.33. The van der Waals surface area contributed by atoms with E-state index in [2.05, 4.69) is 41.2 Å². The van der Waals surface area contributed by atoms with Crippen LogP contribution in [0.25, 0.3) is 11.3 Å². The van der Waals surface area contributed by atoms with E-state index >= 15 is 0 Å². The van der Waals surface area contributed by atoms with Gasteiger partial charge >= 0.3 is 0 Å². The molecule has 0 saturated heterocycles.